The van der Waals surface area contributed by atoms with Crippen molar-refractivity contribution < 1.29 is 4.79 Å². The Morgan fingerprint density at radius 3 is 2.82 bits per heavy atom. The molecule has 0 aromatic heterocycles. The molecule has 0 aliphatic rings. The van der Waals surface area contributed by atoms with Gasteiger partial charge in [0.2, 0.25) is 5.91 Å². The molecule has 0 saturated carbocycles. The second kappa shape index (κ2) is 3.19. The van der Waals surface area contributed by atoms with Crippen LogP contribution in [0.4, 0.5) is 5.69 Å². The van der Waals surface area contributed by atoms with Crippen LogP contribution in [0.1, 0.15) is 12.5 Å². The van der Waals surface area contributed by atoms with Crippen LogP contribution < -0.4 is 5.32 Å². The SMILES string of the molecule is [CH2]c1cccc(NC(C)=O)c1. The third kappa shape index (κ3) is 2.42. The molecule has 2 nitrogen and oxygen atoms in total. The number of nitrogens with one attached hydrogen (secondary N) is 1. The highest BCUT2D eigenvalue weighted by molar-refractivity contribution is 5.88. The van der Waals surface area contributed by atoms with Crippen LogP contribution >= 0.6 is 0 Å². The molecule has 1 aromatic rings. The summed E-state index contributed by atoms with van der Waals surface area (Å²) in [5.41, 5.74) is 1.70. The lowest BCUT2D eigenvalue weighted by atomic mass is 10.2. The highest BCUT2D eigenvalue weighted by Crippen LogP contribution is 2.08. The molecule has 0 unspecified atom stereocenters. The normalized spacial score (nSPS) is 9.27. The van der Waals surface area contributed by atoms with Crippen molar-refractivity contribution in [3.63, 3.8) is 0 Å². The van der Waals surface area contributed by atoms with Gasteiger partial charge in [-0.05, 0) is 24.6 Å². The van der Waals surface area contributed by atoms with E-state index in [1.165, 1.54) is 6.92 Å². The van der Waals surface area contributed by atoms with E-state index in [2.05, 4.69) is 12.2 Å². The molecule has 0 aliphatic carbocycles. The van der Waals surface area contributed by atoms with Crippen molar-refractivity contribution in [2.45, 2.75) is 6.92 Å². The fourth-order valence-electron chi connectivity index (χ4n) is 0.852. The summed E-state index contributed by atoms with van der Waals surface area (Å²) in [7, 11) is 0. The molecule has 0 atom stereocenters. The van der Waals surface area contributed by atoms with E-state index < -0.39 is 0 Å². The van der Waals surface area contributed by atoms with Crippen LogP contribution in [0.3, 0.4) is 0 Å². The van der Waals surface area contributed by atoms with E-state index in [1.54, 1.807) is 0 Å². The molecule has 0 bridgehead atoms. The summed E-state index contributed by atoms with van der Waals surface area (Å²) in [5.74, 6) is -0.0596. The molecule has 0 fully saturated rings. The predicted octanol–water partition coefficient (Wildman–Crippen LogP) is 1.83. The second-order valence-electron chi connectivity index (χ2n) is 2.38. The molecule has 1 N–H and O–H groups in total. The Hall–Kier alpha value is -1.31. The molecule has 0 saturated heterocycles. The summed E-state index contributed by atoms with van der Waals surface area (Å²) in [6.07, 6.45) is 0. The number of carbonyl (C=O) groups excluding carboxylic acids is 1. The van der Waals surface area contributed by atoms with Gasteiger partial charge in [0.15, 0.2) is 0 Å². The van der Waals surface area contributed by atoms with E-state index in [0.29, 0.717) is 0 Å². The molecule has 1 rings (SSSR count). The van der Waals surface area contributed by atoms with Gasteiger partial charge in [-0.3, -0.25) is 4.79 Å². The first-order valence-electron chi connectivity index (χ1n) is 3.38. The molecular weight excluding hydrogens is 138 g/mol. The Balaban J connectivity index is 2.79. The van der Waals surface area contributed by atoms with E-state index in [9.17, 15) is 4.79 Å². The molecule has 0 aliphatic heterocycles. The van der Waals surface area contributed by atoms with Crippen LogP contribution in [-0.2, 0) is 4.79 Å². The van der Waals surface area contributed by atoms with Gasteiger partial charge in [0.05, 0.1) is 0 Å². The van der Waals surface area contributed by atoms with Crippen LogP contribution in [0, 0.1) is 6.92 Å². The fraction of sp³-hybridized carbons (Fsp3) is 0.111. The van der Waals surface area contributed by atoms with Gasteiger partial charge in [-0.2, -0.15) is 0 Å². The second-order valence-corrected chi connectivity index (χ2v) is 2.38. The Morgan fingerprint density at radius 1 is 1.55 bits per heavy atom. The van der Waals surface area contributed by atoms with E-state index in [1.807, 2.05) is 24.3 Å². The number of hydrogen-bond donors (Lipinski definition) is 1. The number of rotatable bonds is 1. The zero-order chi connectivity index (χ0) is 8.27. The lowest BCUT2D eigenvalue weighted by molar-refractivity contribution is -0.114. The van der Waals surface area contributed by atoms with Gasteiger partial charge in [0, 0.05) is 12.6 Å². The van der Waals surface area contributed by atoms with Gasteiger partial charge >= 0.3 is 0 Å². The van der Waals surface area contributed by atoms with E-state index in [0.717, 1.165) is 11.3 Å². The average molecular weight is 148 g/mol. The Kier molecular flexibility index (Phi) is 2.26. The van der Waals surface area contributed by atoms with Crippen molar-refractivity contribution >= 4 is 11.6 Å². The summed E-state index contributed by atoms with van der Waals surface area (Å²) in [5, 5.41) is 2.67. The zero-order valence-corrected chi connectivity index (χ0v) is 6.42. The van der Waals surface area contributed by atoms with Crippen molar-refractivity contribution in [3.8, 4) is 0 Å². The minimum atomic E-state index is -0.0596. The third-order valence-corrected chi connectivity index (χ3v) is 1.25. The van der Waals surface area contributed by atoms with E-state index >= 15 is 0 Å². The zero-order valence-electron chi connectivity index (χ0n) is 6.42. The highest BCUT2D eigenvalue weighted by Gasteiger charge is 1.93. The number of benzene rings is 1. The lowest BCUT2D eigenvalue weighted by Crippen LogP contribution is -2.05. The van der Waals surface area contributed by atoms with E-state index in [-0.39, 0.29) is 5.91 Å². The monoisotopic (exact) mass is 148 g/mol. The smallest absolute Gasteiger partial charge is 0.221 e. The first-order chi connectivity index (χ1) is 5.18. The number of carbonyl (C=O) groups is 1. The Morgan fingerprint density at radius 2 is 2.27 bits per heavy atom. The van der Waals surface area contributed by atoms with E-state index in [4.69, 9.17) is 0 Å². The summed E-state index contributed by atoms with van der Waals surface area (Å²) in [6.45, 7) is 5.22. The average Bonchev–Trinajstić information content (AvgIpc) is 1.85. The summed E-state index contributed by atoms with van der Waals surface area (Å²) >= 11 is 0. The molecule has 0 heterocycles. The predicted molar refractivity (Wildman–Crippen MR) is 45.2 cm³/mol. The fourth-order valence-corrected chi connectivity index (χ4v) is 0.852. The van der Waals surface area contributed by atoms with Crippen molar-refractivity contribution in [2.75, 3.05) is 5.32 Å². The molecule has 11 heavy (non-hydrogen) atoms. The maximum Gasteiger partial charge on any atom is 0.221 e. The number of amides is 1. The number of anilines is 1. The minimum absolute atomic E-state index is 0.0596. The van der Waals surface area contributed by atoms with Crippen LogP contribution in [0.2, 0.25) is 0 Å². The van der Waals surface area contributed by atoms with Gasteiger partial charge in [0.1, 0.15) is 0 Å². The van der Waals surface area contributed by atoms with Gasteiger partial charge in [-0.1, -0.05) is 12.1 Å². The van der Waals surface area contributed by atoms with Gasteiger partial charge in [-0.15, -0.1) is 0 Å². The lowest BCUT2D eigenvalue weighted by Gasteiger charge is -2.01. The van der Waals surface area contributed by atoms with Crippen molar-refractivity contribution in [1.82, 2.24) is 0 Å². The van der Waals surface area contributed by atoms with Gasteiger partial charge in [-0.25, -0.2) is 0 Å². The summed E-state index contributed by atoms with van der Waals surface area (Å²) in [6, 6.07) is 7.39. The number of hydrogen-bond acceptors (Lipinski definition) is 1. The highest BCUT2D eigenvalue weighted by atomic mass is 16.1. The largest absolute Gasteiger partial charge is 0.326 e. The third-order valence-electron chi connectivity index (χ3n) is 1.25. The van der Waals surface area contributed by atoms with Crippen LogP contribution in [0.15, 0.2) is 24.3 Å². The topological polar surface area (TPSA) is 29.1 Å². The molecule has 1 amide bonds. The Labute approximate surface area is 66.2 Å². The van der Waals surface area contributed by atoms with Crippen LogP contribution in [-0.4, -0.2) is 5.91 Å². The summed E-state index contributed by atoms with van der Waals surface area (Å²) in [4.78, 5) is 10.6. The first kappa shape index (κ1) is 7.79. The maximum absolute atomic E-state index is 10.6. The molecule has 57 valence electrons. The van der Waals surface area contributed by atoms with Crippen LogP contribution in [0.25, 0.3) is 0 Å². The maximum atomic E-state index is 10.6. The van der Waals surface area contributed by atoms with Crippen molar-refractivity contribution in [3.05, 3.63) is 36.8 Å². The minimum Gasteiger partial charge on any atom is -0.326 e. The van der Waals surface area contributed by atoms with Gasteiger partial charge in [0.25, 0.3) is 0 Å². The summed E-state index contributed by atoms with van der Waals surface area (Å²) < 4.78 is 0. The quantitative estimate of drug-likeness (QED) is 0.646. The Bertz CT molecular complexity index is 268. The first-order valence-corrected chi connectivity index (χ1v) is 3.38. The molecule has 2 heteroatoms. The molecule has 1 radical (unpaired) electrons. The standard InChI is InChI=1S/C9H10NO/c1-7-4-3-5-9(6-7)10-8(2)11/h3-6H,1H2,2H3,(H,10,11). The molecular formula is C9H10NO. The molecule has 0 spiro atoms. The van der Waals surface area contributed by atoms with Crippen molar-refractivity contribution in [2.24, 2.45) is 0 Å². The van der Waals surface area contributed by atoms with Crippen molar-refractivity contribution in [1.29, 1.82) is 0 Å². The van der Waals surface area contributed by atoms with Gasteiger partial charge < -0.3 is 5.32 Å². The molecule has 1 aromatic carbocycles. The van der Waals surface area contributed by atoms with Crippen LogP contribution in [0.5, 0.6) is 0 Å².